The van der Waals surface area contributed by atoms with Crippen LogP contribution >= 0.6 is 0 Å². The zero-order chi connectivity index (χ0) is 12.3. The van der Waals surface area contributed by atoms with E-state index < -0.39 is 0 Å². The van der Waals surface area contributed by atoms with E-state index in [9.17, 15) is 0 Å². The lowest BCUT2D eigenvalue weighted by atomic mass is 9.82. The first-order valence-electron chi connectivity index (χ1n) is 6.38. The molecule has 94 valence electrons. The molecule has 0 fully saturated rings. The molecular weight excluding hydrogens is 214 g/mol. The van der Waals surface area contributed by atoms with Crippen molar-refractivity contribution in [2.75, 3.05) is 6.79 Å². The Bertz CT molecular complexity index is 384. The molecule has 0 aromatic heterocycles. The van der Waals surface area contributed by atoms with E-state index in [0.717, 1.165) is 42.7 Å². The molecule has 0 spiro atoms. The van der Waals surface area contributed by atoms with E-state index in [0.29, 0.717) is 6.79 Å². The Labute approximate surface area is 103 Å². The van der Waals surface area contributed by atoms with E-state index in [-0.39, 0.29) is 5.54 Å². The lowest BCUT2D eigenvalue weighted by Gasteiger charge is -2.29. The molecule has 2 N–H and O–H groups in total. The van der Waals surface area contributed by atoms with Crippen molar-refractivity contribution in [1.29, 1.82) is 0 Å². The first kappa shape index (κ1) is 12.2. The van der Waals surface area contributed by atoms with Crippen molar-refractivity contribution in [2.24, 2.45) is 5.73 Å². The van der Waals surface area contributed by atoms with Gasteiger partial charge in [-0.1, -0.05) is 32.8 Å². The molecule has 3 heteroatoms. The summed E-state index contributed by atoms with van der Waals surface area (Å²) in [5.74, 6) is 1.65. The Hall–Kier alpha value is -1.22. The molecule has 1 aliphatic heterocycles. The summed E-state index contributed by atoms with van der Waals surface area (Å²) in [6.45, 7) is 4.66. The van der Waals surface area contributed by atoms with Gasteiger partial charge in [-0.15, -0.1) is 0 Å². The van der Waals surface area contributed by atoms with Crippen LogP contribution in [0.2, 0.25) is 0 Å². The maximum absolute atomic E-state index is 6.54. The van der Waals surface area contributed by atoms with Gasteiger partial charge in [-0.3, -0.25) is 0 Å². The minimum absolute atomic E-state index is 0.232. The molecule has 0 saturated heterocycles. The molecule has 1 aromatic carbocycles. The Balaban J connectivity index is 2.29. The summed E-state index contributed by atoms with van der Waals surface area (Å²) in [5.41, 5.74) is 7.46. The molecule has 0 saturated carbocycles. The molecule has 0 aliphatic carbocycles. The van der Waals surface area contributed by atoms with Crippen molar-refractivity contribution in [3.05, 3.63) is 23.8 Å². The zero-order valence-electron chi connectivity index (χ0n) is 10.7. The Kier molecular flexibility index (Phi) is 3.57. The van der Waals surface area contributed by atoms with Gasteiger partial charge in [-0.2, -0.15) is 0 Å². The monoisotopic (exact) mass is 235 g/mol. The van der Waals surface area contributed by atoms with Gasteiger partial charge in [0.2, 0.25) is 6.79 Å². The summed E-state index contributed by atoms with van der Waals surface area (Å²) in [7, 11) is 0. The molecule has 0 unspecified atom stereocenters. The van der Waals surface area contributed by atoms with Gasteiger partial charge < -0.3 is 15.2 Å². The number of rotatable bonds is 5. The predicted octanol–water partition coefficient (Wildman–Crippen LogP) is 3.17. The minimum Gasteiger partial charge on any atom is -0.454 e. The topological polar surface area (TPSA) is 44.5 Å². The van der Waals surface area contributed by atoms with Gasteiger partial charge in [0, 0.05) is 5.54 Å². The van der Waals surface area contributed by atoms with Gasteiger partial charge in [-0.05, 0) is 30.5 Å². The molecule has 17 heavy (non-hydrogen) atoms. The van der Waals surface area contributed by atoms with Crippen LogP contribution in [-0.4, -0.2) is 6.79 Å². The molecule has 0 amide bonds. The van der Waals surface area contributed by atoms with E-state index >= 15 is 0 Å². The van der Waals surface area contributed by atoms with E-state index in [1.807, 2.05) is 12.1 Å². The highest BCUT2D eigenvalue weighted by atomic mass is 16.7. The number of hydrogen-bond donors (Lipinski definition) is 1. The highest BCUT2D eigenvalue weighted by molar-refractivity contribution is 5.46. The quantitative estimate of drug-likeness (QED) is 0.852. The third-order valence-electron chi connectivity index (χ3n) is 3.34. The maximum Gasteiger partial charge on any atom is 0.231 e. The summed E-state index contributed by atoms with van der Waals surface area (Å²) >= 11 is 0. The fourth-order valence-electron chi connectivity index (χ4n) is 2.51. The second-order valence-corrected chi connectivity index (χ2v) is 4.72. The molecule has 1 heterocycles. The number of nitrogens with two attached hydrogens (primary N) is 1. The largest absolute Gasteiger partial charge is 0.454 e. The fourth-order valence-corrected chi connectivity index (χ4v) is 2.51. The van der Waals surface area contributed by atoms with Crippen LogP contribution in [0, 0.1) is 0 Å². The molecule has 0 bridgehead atoms. The number of benzene rings is 1. The summed E-state index contributed by atoms with van der Waals surface area (Å²) in [6.07, 6.45) is 4.18. The number of hydrogen-bond acceptors (Lipinski definition) is 3. The van der Waals surface area contributed by atoms with E-state index in [1.54, 1.807) is 0 Å². The van der Waals surface area contributed by atoms with Crippen molar-refractivity contribution in [3.8, 4) is 11.5 Å². The van der Waals surface area contributed by atoms with Crippen LogP contribution in [-0.2, 0) is 5.54 Å². The molecule has 2 rings (SSSR count). The highest BCUT2D eigenvalue weighted by Crippen LogP contribution is 2.37. The van der Waals surface area contributed by atoms with Gasteiger partial charge in [-0.25, -0.2) is 0 Å². The lowest BCUT2D eigenvalue weighted by Crippen LogP contribution is -2.36. The van der Waals surface area contributed by atoms with Crippen LogP contribution in [0.1, 0.15) is 45.1 Å². The summed E-state index contributed by atoms with van der Waals surface area (Å²) in [5, 5.41) is 0. The fraction of sp³-hybridized carbons (Fsp3) is 0.571. The van der Waals surface area contributed by atoms with Crippen LogP contribution in [0.15, 0.2) is 18.2 Å². The second-order valence-electron chi connectivity index (χ2n) is 4.72. The Morgan fingerprint density at radius 2 is 1.76 bits per heavy atom. The Morgan fingerprint density at radius 3 is 2.41 bits per heavy atom. The normalized spacial score (nSPS) is 14.1. The zero-order valence-corrected chi connectivity index (χ0v) is 10.7. The second kappa shape index (κ2) is 4.96. The number of ether oxygens (including phenoxy) is 2. The molecule has 1 aliphatic rings. The van der Waals surface area contributed by atoms with Crippen molar-refractivity contribution in [3.63, 3.8) is 0 Å². The third kappa shape index (κ3) is 2.39. The van der Waals surface area contributed by atoms with Crippen LogP contribution < -0.4 is 15.2 Å². The first-order chi connectivity index (χ1) is 8.19. The van der Waals surface area contributed by atoms with Gasteiger partial charge in [0.1, 0.15) is 0 Å². The van der Waals surface area contributed by atoms with E-state index in [4.69, 9.17) is 15.2 Å². The molecule has 3 nitrogen and oxygen atoms in total. The SMILES string of the molecule is CCCC(N)(CCC)c1ccc2c(c1)OCO2. The van der Waals surface area contributed by atoms with Gasteiger partial charge in [0.15, 0.2) is 11.5 Å². The summed E-state index contributed by atoms with van der Waals surface area (Å²) < 4.78 is 10.7. The molecule has 0 atom stereocenters. The highest BCUT2D eigenvalue weighted by Gasteiger charge is 2.27. The van der Waals surface area contributed by atoms with Gasteiger partial charge in [0.25, 0.3) is 0 Å². The summed E-state index contributed by atoms with van der Waals surface area (Å²) in [4.78, 5) is 0. The van der Waals surface area contributed by atoms with Crippen LogP contribution in [0.4, 0.5) is 0 Å². The van der Waals surface area contributed by atoms with Crippen molar-refractivity contribution >= 4 is 0 Å². The van der Waals surface area contributed by atoms with Crippen LogP contribution in [0.5, 0.6) is 11.5 Å². The maximum atomic E-state index is 6.54. The van der Waals surface area contributed by atoms with Crippen molar-refractivity contribution in [1.82, 2.24) is 0 Å². The average Bonchev–Trinajstić information content (AvgIpc) is 2.76. The summed E-state index contributed by atoms with van der Waals surface area (Å²) in [6, 6.07) is 6.07. The number of fused-ring (bicyclic) bond motifs is 1. The van der Waals surface area contributed by atoms with Crippen molar-refractivity contribution in [2.45, 2.75) is 45.1 Å². The predicted molar refractivity (Wildman–Crippen MR) is 68.2 cm³/mol. The minimum atomic E-state index is -0.232. The van der Waals surface area contributed by atoms with Crippen LogP contribution in [0.3, 0.4) is 0 Å². The Morgan fingerprint density at radius 1 is 1.12 bits per heavy atom. The first-order valence-corrected chi connectivity index (χ1v) is 6.38. The molecule has 1 aromatic rings. The van der Waals surface area contributed by atoms with Crippen LogP contribution in [0.25, 0.3) is 0 Å². The van der Waals surface area contributed by atoms with E-state index in [1.165, 1.54) is 0 Å². The average molecular weight is 235 g/mol. The third-order valence-corrected chi connectivity index (χ3v) is 3.34. The van der Waals surface area contributed by atoms with Gasteiger partial charge in [0.05, 0.1) is 0 Å². The standard InChI is InChI=1S/C14H21NO2/c1-3-7-14(15,8-4-2)11-5-6-12-13(9-11)17-10-16-12/h5-6,9H,3-4,7-8,10,15H2,1-2H3. The molecular formula is C14H21NO2. The lowest BCUT2D eigenvalue weighted by molar-refractivity contribution is 0.174. The van der Waals surface area contributed by atoms with Crippen molar-refractivity contribution < 1.29 is 9.47 Å². The molecule has 0 radical (unpaired) electrons. The smallest absolute Gasteiger partial charge is 0.231 e. The van der Waals surface area contributed by atoms with Gasteiger partial charge >= 0.3 is 0 Å². The van der Waals surface area contributed by atoms with E-state index in [2.05, 4.69) is 19.9 Å².